The quantitative estimate of drug-likeness (QED) is 0.322. The number of rotatable bonds is 10. The highest BCUT2D eigenvalue weighted by Gasteiger charge is 2.25. The van der Waals surface area contributed by atoms with Crippen LogP contribution in [0, 0.1) is 13.8 Å². The lowest BCUT2D eigenvalue weighted by molar-refractivity contribution is 0.0535. The number of hydrogen-bond acceptors (Lipinski definition) is 4. The number of benzene rings is 3. The second-order valence-electron chi connectivity index (χ2n) is 9.58. The first-order chi connectivity index (χ1) is 16.5. The molecule has 2 heterocycles. The molecule has 0 aliphatic carbocycles. The molecule has 4 atom stereocenters. The number of aryl methyl sites for hydroxylation is 2. The number of ether oxygens (including phenoxy) is 4. The van der Waals surface area contributed by atoms with Crippen LogP contribution in [0.4, 0.5) is 0 Å². The van der Waals surface area contributed by atoms with Crippen LogP contribution < -0.4 is 0 Å². The van der Waals surface area contributed by atoms with Crippen LogP contribution in [0.25, 0.3) is 22.3 Å². The Kier molecular flexibility index (Phi) is 6.84. The molecular formula is C30H34O4. The lowest BCUT2D eigenvalue weighted by Crippen LogP contribution is -2.07. The van der Waals surface area contributed by atoms with Crippen molar-refractivity contribution in [2.75, 3.05) is 26.4 Å². The molecule has 178 valence electrons. The summed E-state index contributed by atoms with van der Waals surface area (Å²) in [5, 5.41) is 0. The first kappa shape index (κ1) is 23.3. The summed E-state index contributed by atoms with van der Waals surface area (Å²) in [5.41, 5.74) is 9.86. The molecule has 34 heavy (non-hydrogen) atoms. The second kappa shape index (κ2) is 10.0. The van der Waals surface area contributed by atoms with Crippen molar-refractivity contribution in [1.29, 1.82) is 0 Å². The summed E-state index contributed by atoms with van der Waals surface area (Å²) < 4.78 is 22.4. The van der Waals surface area contributed by atoms with E-state index in [2.05, 4.69) is 88.4 Å². The van der Waals surface area contributed by atoms with E-state index >= 15 is 0 Å². The van der Waals surface area contributed by atoms with Crippen molar-refractivity contribution >= 4 is 0 Å². The van der Waals surface area contributed by atoms with Crippen LogP contribution in [-0.2, 0) is 18.9 Å². The fraction of sp³-hybridized carbons (Fsp3) is 0.400. The van der Waals surface area contributed by atoms with E-state index in [1.165, 1.54) is 44.5 Å². The lowest BCUT2D eigenvalue weighted by Gasteiger charge is -2.17. The van der Waals surface area contributed by atoms with Crippen LogP contribution in [0.5, 0.6) is 0 Å². The van der Waals surface area contributed by atoms with Gasteiger partial charge in [0, 0.05) is 0 Å². The van der Waals surface area contributed by atoms with E-state index in [0.29, 0.717) is 25.4 Å². The Bertz CT molecular complexity index is 1040. The van der Waals surface area contributed by atoms with E-state index in [-0.39, 0.29) is 12.2 Å². The van der Waals surface area contributed by atoms with Gasteiger partial charge in [0.1, 0.15) is 12.2 Å². The molecule has 4 unspecified atom stereocenters. The summed E-state index contributed by atoms with van der Waals surface area (Å²) in [7, 11) is 0. The lowest BCUT2D eigenvalue weighted by atomic mass is 9.94. The van der Waals surface area contributed by atoms with Crippen molar-refractivity contribution in [1.82, 2.24) is 0 Å². The van der Waals surface area contributed by atoms with Gasteiger partial charge in [0.05, 0.1) is 38.6 Å². The van der Waals surface area contributed by atoms with Gasteiger partial charge in [0.2, 0.25) is 0 Å². The van der Waals surface area contributed by atoms with Crippen LogP contribution in [0.15, 0.2) is 60.7 Å². The van der Waals surface area contributed by atoms with E-state index in [0.717, 1.165) is 13.2 Å². The highest BCUT2D eigenvalue weighted by molar-refractivity contribution is 5.71. The first-order valence-electron chi connectivity index (χ1n) is 12.3. The standard InChI is InChI=1S/C30H34O4/c1-19-13-25(9-11-29(19)21(3)31-15-27-17-33-27)23-5-7-24(8-6-23)26-10-12-30(20(2)14-26)22(4)32-16-28-18-34-28/h5-14,21-22,27-28H,15-18H2,1-4H3. The Labute approximate surface area is 202 Å². The molecule has 0 aromatic heterocycles. The predicted octanol–water partition coefficient (Wildman–Crippen LogP) is 6.59. The number of epoxide rings is 2. The first-order valence-corrected chi connectivity index (χ1v) is 12.3. The molecule has 4 nitrogen and oxygen atoms in total. The Balaban J connectivity index is 1.26. The molecule has 2 aliphatic rings. The highest BCUT2D eigenvalue weighted by atomic mass is 16.6. The summed E-state index contributed by atoms with van der Waals surface area (Å²) >= 11 is 0. The van der Waals surface area contributed by atoms with Crippen LogP contribution in [0.2, 0.25) is 0 Å². The maximum absolute atomic E-state index is 5.96. The van der Waals surface area contributed by atoms with Crippen LogP contribution >= 0.6 is 0 Å². The summed E-state index contributed by atoms with van der Waals surface area (Å²) in [6.45, 7) is 11.5. The van der Waals surface area contributed by atoms with Crippen molar-refractivity contribution in [2.45, 2.75) is 52.1 Å². The van der Waals surface area contributed by atoms with Gasteiger partial charge in [-0.2, -0.15) is 0 Å². The molecule has 0 radical (unpaired) electrons. The molecule has 3 aromatic rings. The third kappa shape index (κ3) is 5.59. The minimum atomic E-state index is 0.0713. The Morgan fingerprint density at radius 1 is 0.647 bits per heavy atom. The van der Waals surface area contributed by atoms with E-state index in [1.54, 1.807) is 0 Å². The average molecular weight is 459 g/mol. The zero-order chi connectivity index (χ0) is 23.7. The van der Waals surface area contributed by atoms with Crippen molar-refractivity contribution in [2.24, 2.45) is 0 Å². The molecule has 2 aliphatic heterocycles. The van der Waals surface area contributed by atoms with Crippen molar-refractivity contribution in [3.63, 3.8) is 0 Å². The molecule has 0 bridgehead atoms. The third-order valence-corrected chi connectivity index (χ3v) is 6.84. The van der Waals surface area contributed by atoms with Gasteiger partial charge in [-0.15, -0.1) is 0 Å². The normalized spacial score (nSPS) is 20.7. The SMILES string of the molecule is Cc1cc(-c2ccc(-c3ccc(C(C)OCC4CO4)c(C)c3)cc2)ccc1C(C)OCC1CO1. The van der Waals surface area contributed by atoms with Gasteiger partial charge in [-0.05, 0) is 72.2 Å². The summed E-state index contributed by atoms with van der Waals surface area (Å²) in [6.07, 6.45) is 0.725. The molecule has 2 saturated heterocycles. The molecular weight excluding hydrogens is 424 g/mol. The molecule has 0 amide bonds. The fourth-order valence-corrected chi connectivity index (χ4v) is 4.49. The fourth-order valence-electron chi connectivity index (χ4n) is 4.49. The summed E-state index contributed by atoms with van der Waals surface area (Å²) in [5.74, 6) is 0. The van der Waals surface area contributed by atoms with Gasteiger partial charge in [0.15, 0.2) is 0 Å². The topological polar surface area (TPSA) is 43.5 Å². The molecule has 5 rings (SSSR count). The Morgan fingerprint density at radius 3 is 1.32 bits per heavy atom. The molecule has 4 heteroatoms. The Morgan fingerprint density at radius 2 is 1.00 bits per heavy atom. The average Bonchev–Trinajstić information content (AvgIpc) is 3.76. The van der Waals surface area contributed by atoms with Gasteiger partial charge in [-0.25, -0.2) is 0 Å². The Hall–Kier alpha value is -2.50. The van der Waals surface area contributed by atoms with E-state index in [4.69, 9.17) is 18.9 Å². The summed E-state index contributed by atoms with van der Waals surface area (Å²) in [6, 6.07) is 22.1. The maximum atomic E-state index is 5.96. The minimum absolute atomic E-state index is 0.0713. The van der Waals surface area contributed by atoms with E-state index in [1.807, 2.05) is 0 Å². The molecule has 3 aromatic carbocycles. The van der Waals surface area contributed by atoms with Gasteiger partial charge < -0.3 is 18.9 Å². The number of hydrogen-bond donors (Lipinski definition) is 0. The van der Waals surface area contributed by atoms with Gasteiger partial charge in [0.25, 0.3) is 0 Å². The zero-order valence-corrected chi connectivity index (χ0v) is 20.5. The highest BCUT2D eigenvalue weighted by Crippen LogP contribution is 2.31. The molecule has 2 fully saturated rings. The van der Waals surface area contributed by atoms with Crippen molar-refractivity contribution < 1.29 is 18.9 Å². The monoisotopic (exact) mass is 458 g/mol. The third-order valence-electron chi connectivity index (χ3n) is 6.84. The van der Waals surface area contributed by atoms with Crippen LogP contribution in [0.1, 0.15) is 48.3 Å². The molecule has 0 saturated carbocycles. The van der Waals surface area contributed by atoms with E-state index in [9.17, 15) is 0 Å². The largest absolute Gasteiger partial charge is 0.371 e. The second-order valence-corrected chi connectivity index (χ2v) is 9.58. The van der Waals surface area contributed by atoms with E-state index < -0.39 is 0 Å². The molecule has 0 N–H and O–H groups in total. The predicted molar refractivity (Wildman–Crippen MR) is 135 cm³/mol. The minimum Gasteiger partial charge on any atom is -0.371 e. The van der Waals surface area contributed by atoms with Crippen molar-refractivity contribution in [3.8, 4) is 22.3 Å². The van der Waals surface area contributed by atoms with Gasteiger partial charge >= 0.3 is 0 Å². The maximum Gasteiger partial charge on any atom is 0.104 e. The molecule has 0 spiro atoms. The van der Waals surface area contributed by atoms with Crippen LogP contribution in [0.3, 0.4) is 0 Å². The zero-order valence-electron chi connectivity index (χ0n) is 20.5. The smallest absolute Gasteiger partial charge is 0.104 e. The van der Waals surface area contributed by atoms with Gasteiger partial charge in [-0.1, -0.05) is 60.7 Å². The van der Waals surface area contributed by atoms with Gasteiger partial charge in [-0.3, -0.25) is 0 Å². The van der Waals surface area contributed by atoms with Crippen LogP contribution in [-0.4, -0.2) is 38.6 Å². The van der Waals surface area contributed by atoms with Crippen molar-refractivity contribution in [3.05, 3.63) is 82.9 Å². The summed E-state index contributed by atoms with van der Waals surface area (Å²) in [4.78, 5) is 0.